The first kappa shape index (κ1) is 19.8. The number of rotatable bonds is 7. The molecule has 7 nitrogen and oxygen atoms in total. The highest BCUT2D eigenvalue weighted by Crippen LogP contribution is 2.29. The number of amides is 1. The largest absolute Gasteiger partial charge is 0.454 e. The summed E-state index contributed by atoms with van der Waals surface area (Å²) < 4.78 is 20.2. The van der Waals surface area contributed by atoms with Crippen LogP contribution in [0.5, 0.6) is 0 Å². The van der Waals surface area contributed by atoms with Gasteiger partial charge in [-0.05, 0) is 31.0 Å². The minimum Gasteiger partial charge on any atom is -0.454 e. The average molecular weight is 409 g/mol. The lowest BCUT2D eigenvalue weighted by Gasteiger charge is -2.22. The van der Waals surface area contributed by atoms with Crippen LogP contribution in [0.15, 0.2) is 59.7 Å². The van der Waals surface area contributed by atoms with Crippen LogP contribution < -0.4 is 5.56 Å². The maximum Gasteiger partial charge on any atom is 0.326 e. The number of carbonyl (C=O) groups is 2. The van der Waals surface area contributed by atoms with Gasteiger partial charge in [0.15, 0.2) is 6.61 Å². The fourth-order valence-electron chi connectivity index (χ4n) is 3.25. The summed E-state index contributed by atoms with van der Waals surface area (Å²) in [5, 5.41) is 0.397. The van der Waals surface area contributed by atoms with E-state index in [9.17, 15) is 18.8 Å². The summed E-state index contributed by atoms with van der Waals surface area (Å²) in [7, 11) is 0. The molecule has 0 N–H and O–H groups in total. The van der Waals surface area contributed by atoms with Gasteiger partial charge in [0.1, 0.15) is 12.4 Å². The van der Waals surface area contributed by atoms with Gasteiger partial charge in [-0.1, -0.05) is 30.3 Å². The van der Waals surface area contributed by atoms with Crippen molar-refractivity contribution in [3.8, 4) is 0 Å². The van der Waals surface area contributed by atoms with E-state index in [0.717, 1.165) is 17.4 Å². The molecule has 1 aliphatic carbocycles. The molecule has 4 rings (SSSR count). The summed E-state index contributed by atoms with van der Waals surface area (Å²) >= 11 is 0. The second kappa shape index (κ2) is 8.44. The van der Waals surface area contributed by atoms with Gasteiger partial charge < -0.3 is 9.64 Å². The zero-order valence-electron chi connectivity index (χ0n) is 16.2. The van der Waals surface area contributed by atoms with Gasteiger partial charge in [-0.15, -0.1) is 0 Å². The summed E-state index contributed by atoms with van der Waals surface area (Å²) in [4.78, 5) is 42.9. The highest BCUT2D eigenvalue weighted by Gasteiger charge is 2.33. The zero-order valence-corrected chi connectivity index (χ0v) is 16.2. The van der Waals surface area contributed by atoms with Crippen molar-refractivity contribution >= 4 is 22.8 Å². The van der Waals surface area contributed by atoms with Crippen molar-refractivity contribution in [1.82, 2.24) is 14.5 Å². The highest BCUT2D eigenvalue weighted by molar-refractivity contribution is 5.81. The number of hydrogen-bond acceptors (Lipinski definition) is 5. The van der Waals surface area contributed by atoms with Gasteiger partial charge in [0, 0.05) is 18.2 Å². The summed E-state index contributed by atoms with van der Waals surface area (Å²) in [6.45, 7) is -0.679. The first-order valence-electron chi connectivity index (χ1n) is 9.65. The molecule has 1 aliphatic rings. The van der Waals surface area contributed by atoms with Crippen molar-refractivity contribution < 1.29 is 18.7 Å². The number of esters is 1. The van der Waals surface area contributed by atoms with E-state index in [4.69, 9.17) is 4.74 Å². The van der Waals surface area contributed by atoms with Crippen LogP contribution in [-0.4, -0.2) is 39.0 Å². The molecule has 1 heterocycles. The normalized spacial score (nSPS) is 13.2. The fraction of sp³-hybridized carbons (Fsp3) is 0.273. The van der Waals surface area contributed by atoms with Crippen LogP contribution in [0.3, 0.4) is 0 Å². The Morgan fingerprint density at radius 1 is 1.13 bits per heavy atom. The van der Waals surface area contributed by atoms with E-state index < -0.39 is 18.5 Å². The molecule has 1 fully saturated rings. The molecule has 0 bridgehead atoms. The predicted molar refractivity (Wildman–Crippen MR) is 107 cm³/mol. The number of para-hydroxylation sites is 1. The van der Waals surface area contributed by atoms with Crippen LogP contribution in [0.2, 0.25) is 0 Å². The van der Waals surface area contributed by atoms with Crippen molar-refractivity contribution in [2.45, 2.75) is 32.0 Å². The molecule has 0 spiro atoms. The Bertz CT molecular complexity index is 1160. The minimum absolute atomic E-state index is 0.0307. The Kier molecular flexibility index (Phi) is 5.56. The fourth-order valence-corrected chi connectivity index (χ4v) is 3.25. The van der Waals surface area contributed by atoms with E-state index in [1.807, 2.05) is 0 Å². The molecule has 30 heavy (non-hydrogen) atoms. The van der Waals surface area contributed by atoms with Gasteiger partial charge in [-0.25, -0.2) is 9.37 Å². The molecule has 0 radical (unpaired) electrons. The molecule has 0 saturated heterocycles. The van der Waals surface area contributed by atoms with Gasteiger partial charge in [-0.2, -0.15) is 0 Å². The standard InChI is InChI=1S/C22H20FN3O4/c23-18-7-3-1-5-15(18)11-26(16-9-10-16)20(27)13-30-21(28)12-25-14-24-19-8-4-2-6-17(19)22(25)29/h1-8,14,16H,9-13H2. The predicted octanol–water partition coefficient (Wildman–Crippen LogP) is 2.27. The van der Waals surface area contributed by atoms with E-state index in [0.29, 0.717) is 16.5 Å². The topological polar surface area (TPSA) is 81.5 Å². The summed E-state index contributed by atoms with van der Waals surface area (Å²) in [5.74, 6) is -1.49. The quantitative estimate of drug-likeness (QED) is 0.559. The first-order chi connectivity index (χ1) is 14.5. The molecule has 8 heteroatoms. The van der Waals surface area contributed by atoms with Crippen molar-refractivity contribution in [3.05, 3.63) is 76.6 Å². The molecule has 0 atom stereocenters. The van der Waals surface area contributed by atoms with E-state index in [-0.39, 0.29) is 30.5 Å². The number of carbonyl (C=O) groups excluding carboxylic acids is 2. The lowest BCUT2D eigenvalue weighted by Crippen LogP contribution is -2.37. The Morgan fingerprint density at radius 3 is 2.63 bits per heavy atom. The van der Waals surface area contributed by atoms with E-state index in [1.54, 1.807) is 42.5 Å². The highest BCUT2D eigenvalue weighted by atomic mass is 19.1. The monoisotopic (exact) mass is 409 g/mol. The number of aromatic nitrogens is 2. The van der Waals surface area contributed by atoms with E-state index >= 15 is 0 Å². The Morgan fingerprint density at radius 2 is 1.87 bits per heavy atom. The van der Waals surface area contributed by atoms with Crippen LogP contribution in [0.1, 0.15) is 18.4 Å². The molecular formula is C22H20FN3O4. The van der Waals surface area contributed by atoms with Crippen molar-refractivity contribution in [3.63, 3.8) is 0 Å². The van der Waals surface area contributed by atoms with Crippen LogP contribution >= 0.6 is 0 Å². The average Bonchev–Trinajstić information content (AvgIpc) is 3.59. The molecule has 1 aromatic heterocycles. The number of benzene rings is 2. The number of halogens is 1. The second-order valence-electron chi connectivity index (χ2n) is 7.20. The van der Waals surface area contributed by atoms with Gasteiger partial charge in [0.2, 0.25) is 0 Å². The van der Waals surface area contributed by atoms with Gasteiger partial charge >= 0.3 is 5.97 Å². The smallest absolute Gasteiger partial charge is 0.326 e. The van der Waals surface area contributed by atoms with Gasteiger partial charge in [-0.3, -0.25) is 19.0 Å². The van der Waals surface area contributed by atoms with Crippen LogP contribution in [0.25, 0.3) is 10.9 Å². The van der Waals surface area contributed by atoms with Crippen LogP contribution in [0.4, 0.5) is 4.39 Å². The lowest BCUT2D eigenvalue weighted by molar-refractivity contribution is -0.153. The Hall–Kier alpha value is -3.55. The van der Waals surface area contributed by atoms with Crippen molar-refractivity contribution in [2.75, 3.05) is 6.61 Å². The number of hydrogen-bond donors (Lipinski definition) is 0. The summed E-state index contributed by atoms with van der Waals surface area (Å²) in [6.07, 6.45) is 2.96. The molecule has 1 saturated carbocycles. The van der Waals surface area contributed by atoms with Gasteiger partial charge in [0.25, 0.3) is 11.5 Å². The summed E-state index contributed by atoms with van der Waals surface area (Å²) in [6, 6.07) is 13.1. The van der Waals surface area contributed by atoms with E-state index in [1.165, 1.54) is 17.3 Å². The Balaban J connectivity index is 1.38. The molecule has 154 valence electrons. The van der Waals surface area contributed by atoms with E-state index in [2.05, 4.69) is 4.98 Å². The maximum atomic E-state index is 13.9. The third-order valence-corrected chi connectivity index (χ3v) is 4.99. The number of nitrogens with zero attached hydrogens (tertiary/aromatic N) is 3. The molecular weight excluding hydrogens is 389 g/mol. The zero-order chi connectivity index (χ0) is 21.1. The van der Waals surface area contributed by atoms with Crippen molar-refractivity contribution in [1.29, 1.82) is 0 Å². The Labute approximate surface area is 171 Å². The number of fused-ring (bicyclic) bond motifs is 1. The minimum atomic E-state index is -0.718. The SMILES string of the molecule is O=C(Cn1cnc2ccccc2c1=O)OCC(=O)N(Cc1ccccc1F)C1CC1. The van der Waals surface area contributed by atoms with Crippen molar-refractivity contribution in [2.24, 2.45) is 0 Å². The third-order valence-electron chi connectivity index (χ3n) is 4.99. The number of ether oxygens (including phenoxy) is 1. The second-order valence-corrected chi connectivity index (χ2v) is 7.20. The third kappa shape index (κ3) is 4.37. The first-order valence-corrected chi connectivity index (χ1v) is 9.65. The lowest BCUT2D eigenvalue weighted by atomic mass is 10.2. The molecule has 2 aromatic carbocycles. The van der Waals surface area contributed by atoms with Crippen LogP contribution in [0, 0.1) is 5.82 Å². The molecule has 3 aromatic rings. The van der Waals surface area contributed by atoms with Gasteiger partial charge in [0.05, 0.1) is 17.2 Å². The molecule has 0 unspecified atom stereocenters. The maximum absolute atomic E-state index is 13.9. The summed E-state index contributed by atoms with van der Waals surface area (Å²) in [5.41, 5.74) is 0.594. The molecule has 0 aliphatic heterocycles. The molecule has 1 amide bonds. The van der Waals surface area contributed by atoms with Crippen LogP contribution in [-0.2, 0) is 27.4 Å².